The fourth-order valence-corrected chi connectivity index (χ4v) is 3.54. The van der Waals surface area contributed by atoms with E-state index >= 15 is 0 Å². The number of carboxylic acid groups (broad SMARTS) is 1. The first kappa shape index (κ1) is 19.1. The molecule has 0 unspecified atom stereocenters. The van der Waals surface area contributed by atoms with Gasteiger partial charge in [0.25, 0.3) is 0 Å². The molecule has 4 rings (SSSR count). The molecule has 1 amide bonds. The van der Waals surface area contributed by atoms with Crippen molar-refractivity contribution in [1.29, 1.82) is 0 Å². The van der Waals surface area contributed by atoms with Gasteiger partial charge in [-0.2, -0.15) is 0 Å². The number of rotatable bonds is 5. The SMILES string of the molecule is O=C(Nc1nc(C(=O)O)ccc1[N+](=O)[O-])OCC1c2ccccc2-c2ccccc21. The van der Waals surface area contributed by atoms with Crippen LogP contribution in [0, 0.1) is 10.1 Å². The molecule has 0 saturated heterocycles. The number of carbonyl (C=O) groups is 2. The van der Waals surface area contributed by atoms with Crippen molar-refractivity contribution in [1.82, 2.24) is 4.98 Å². The predicted molar refractivity (Wildman–Crippen MR) is 107 cm³/mol. The predicted octanol–water partition coefficient (Wildman–Crippen LogP) is 4.05. The van der Waals surface area contributed by atoms with Gasteiger partial charge in [0.15, 0.2) is 5.69 Å². The summed E-state index contributed by atoms with van der Waals surface area (Å²) in [5, 5.41) is 22.4. The number of anilines is 1. The topological polar surface area (TPSA) is 132 Å². The third kappa shape index (κ3) is 3.44. The van der Waals surface area contributed by atoms with Crippen molar-refractivity contribution in [2.75, 3.05) is 11.9 Å². The molecule has 0 bridgehead atoms. The number of fused-ring (bicyclic) bond motifs is 3. The minimum Gasteiger partial charge on any atom is -0.477 e. The van der Waals surface area contributed by atoms with Crippen LogP contribution in [-0.2, 0) is 4.74 Å². The van der Waals surface area contributed by atoms with Crippen LogP contribution < -0.4 is 5.32 Å². The molecular formula is C21H15N3O6. The lowest BCUT2D eigenvalue weighted by atomic mass is 9.98. The standard InChI is InChI=1S/C21H15N3O6/c25-20(26)17-9-10-18(24(28)29)19(22-17)23-21(27)30-11-16-14-7-3-1-5-12(14)13-6-2-4-8-15(13)16/h1-10,16H,11H2,(H,25,26)(H,22,23,27). The Morgan fingerprint density at radius 1 is 1.03 bits per heavy atom. The molecule has 2 aromatic carbocycles. The molecule has 0 aliphatic heterocycles. The van der Waals surface area contributed by atoms with Crippen molar-refractivity contribution in [2.24, 2.45) is 0 Å². The number of hydrogen-bond donors (Lipinski definition) is 2. The van der Waals surface area contributed by atoms with Crippen molar-refractivity contribution >= 4 is 23.6 Å². The van der Waals surface area contributed by atoms with Crippen molar-refractivity contribution < 1.29 is 24.4 Å². The van der Waals surface area contributed by atoms with Crippen LogP contribution in [0.15, 0.2) is 60.7 Å². The van der Waals surface area contributed by atoms with Crippen molar-refractivity contribution in [3.8, 4) is 11.1 Å². The van der Waals surface area contributed by atoms with E-state index in [-0.39, 0.29) is 12.5 Å². The van der Waals surface area contributed by atoms with E-state index < -0.39 is 34.2 Å². The smallest absolute Gasteiger partial charge is 0.413 e. The van der Waals surface area contributed by atoms with Gasteiger partial charge < -0.3 is 9.84 Å². The van der Waals surface area contributed by atoms with E-state index in [0.717, 1.165) is 34.4 Å². The molecule has 1 aromatic heterocycles. The van der Waals surface area contributed by atoms with Crippen LogP contribution in [0.4, 0.5) is 16.3 Å². The molecule has 9 heteroatoms. The van der Waals surface area contributed by atoms with E-state index in [4.69, 9.17) is 9.84 Å². The molecule has 1 aliphatic carbocycles. The Hall–Kier alpha value is -4.27. The summed E-state index contributed by atoms with van der Waals surface area (Å²) in [6, 6.07) is 17.6. The third-order valence-corrected chi connectivity index (χ3v) is 4.85. The molecule has 0 fully saturated rings. The number of pyridine rings is 1. The second-order valence-corrected chi connectivity index (χ2v) is 6.58. The summed E-state index contributed by atoms with van der Waals surface area (Å²) in [6.07, 6.45) is -0.963. The number of aromatic nitrogens is 1. The van der Waals surface area contributed by atoms with E-state index in [0.29, 0.717) is 0 Å². The molecule has 30 heavy (non-hydrogen) atoms. The highest BCUT2D eigenvalue weighted by Crippen LogP contribution is 2.44. The molecule has 0 saturated carbocycles. The van der Waals surface area contributed by atoms with Gasteiger partial charge in [0.05, 0.1) is 4.92 Å². The van der Waals surface area contributed by atoms with E-state index in [1.165, 1.54) is 0 Å². The third-order valence-electron chi connectivity index (χ3n) is 4.85. The highest BCUT2D eigenvalue weighted by Gasteiger charge is 2.29. The fourth-order valence-electron chi connectivity index (χ4n) is 3.54. The van der Waals surface area contributed by atoms with E-state index in [1.807, 2.05) is 48.5 Å². The van der Waals surface area contributed by atoms with Crippen LogP contribution in [0.3, 0.4) is 0 Å². The number of carbonyl (C=O) groups excluding carboxylic acids is 1. The monoisotopic (exact) mass is 405 g/mol. The van der Waals surface area contributed by atoms with Crippen LogP contribution in [0.1, 0.15) is 27.5 Å². The summed E-state index contributed by atoms with van der Waals surface area (Å²) >= 11 is 0. The van der Waals surface area contributed by atoms with Gasteiger partial charge >= 0.3 is 17.7 Å². The normalized spacial score (nSPS) is 12.0. The maximum absolute atomic E-state index is 12.3. The quantitative estimate of drug-likeness (QED) is 0.483. The fraction of sp³-hybridized carbons (Fsp3) is 0.0952. The van der Waals surface area contributed by atoms with Crippen LogP contribution in [0.25, 0.3) is 11.1 Å². The number of ether oxygens (including phenoxy) is 1. The number of amides is 1. The summed E-state index contributed by atoms with van der Waals surface area (Å²) in [5.41, 5.74) is 3.19. The van der Waals surface area contributed by atoms with Gasteiger partial charge in [0.1, 0.15) is 6.61 Å². The molecule has 3 aromatic rings. The summed E-state index contributed by atoms with van der Waals surface area (Å²) in [6.45, 7) is 0.00623. The van der Waals surface area contributed by atoms with Gasteiger partial charge in [-0.15, -0.1) is 0 Å². The highest BCUT2D eigenvalue weighted by molar-refractivity contribution is 5.90. The van der Waals surface area contributed by atoms with E-state index in [1.54, 1.807) is 0 Å². The van der Waals surface area contributed by atoms with Crippen molar-refractivity contribution in [3.63, 3.8) is 0 Å². The van der Waals surface area contributed by atoms with Gasteiger partial charge in [0, 0.05) is 12.0 Å². The molecular weight excluding hydrogens is 390 g/mol. The van der Waals surface area contributed by atoms with Gasteiger partial charge in [-0.1, -0.05) is 48.5 Å². The lowest BCUT2D eigenvalue weighted by Gasteiger charge is -2.14. The number of hydrogen-bond acceptors (Lipinski definition) is 6. The maximum atomic E-state index is 12.3. The number of benzene rings is 2. The number of nitrogens with one attached hydrogen (secondary N) is 1. The largest absolute Gasteiger partial charge is 0.477 e. The van der Waals surface area contributed by atoms with Gasteiger partial charge in [-0.05, 0) is 28.3 Å². The molecule has 0 spiro atoms. The summed E-state index contributed by atoms with van der Waals surface area (Å²) < 4.78 is 5.32. The van der Waals surface area contributed by atoms with Crippen LogP contribution in [0.2, 0.25) is 0 Å². The van der Waals surface area contributed by atoms with Crippen LogP contribution in [-0.4, -0.2) is 33.7 Å². The first-order valence-electron chi connectivity index (χ1n) is 8.96. The Morgan fingerprint density at radius 2 is 1.63 bits per heavy atom. The highest BCUT2D eigenvalue weighted by atomic mass is 16.6. The Morgan fingerprint density at radius 3 is 2.20 bits per heavy atom. The zero-order valence-electron chi connectivity index (χ0n) is 15.4. The zero-order valence-corrected chi connectivity index (χ0v) is 15.4. The second kappa shape index (κ2) is 7.63. The van der Waals surface area contributed by atoms with E-state index in [2.05, 4.69) is 10.3 Å². The molecule has 1 aliphatic rings. The van der Waals surface area contributed by atoms with Gasteiger partial charge in [-0.3, -0.25) is 15.4 Å². The lowest BCUT2D eigenvalue weighted by molar-refractivity contribution is -0.384. The summed E-state index contributed by atoms with van der Waals surface area (Å²) in [4.78, 5) is 37.4. The number of nitrogens with zero attached hydrogens (tertiary/aromatic N) is 2. The maximum Gasteiger partial charge on any atom is 0.413 e. The summed E-state index contributed by atoms with van der Waals surface area (Å²) in [7, 11) is 0. The molecule has 2 N–H and O–H groups in total. The van der Waals surface area contributed by atoms with Gasteiger partial charge in [-0.25, -0.2) is 14.6 Å². The number of aromatic carboxylic acids is 1. The number of carboxylic acids is 1. The zero-order chi connectivity index (χ0) is 21.3. The van der Waals surface area contributed by atoms with Gasteiger partial charge in [0.2, 0.25) is 5.82 Å². The average Bonchev–Trinajstić information content (AvgIpc) is 3.06. The van der Waals surface area contributed by atoms with Crippen molar-refractivity contribution in [3.05, 3.63) is 87.6 Å². The molecule has 9 nitrogen and oxygen atoms in total. The van der Waals surface area contributed by atoms with Crippen LogP contribution in [0.5, 0.6) is 0 Å². The lowest BCUT2D eigenvalue weighted by Crippen LogP contribution is -2.19. The second-order valence-electron chi connectivity index (χ2n) is 6.58. The molecule has 0 atom stereocenters. The van der Waals surface area contributed by atoms with E-state index in [9.17, 15) is 19.7 Å². The Balaban J connectivity index is 1.53. The Kier molecular flexibility index (Phi) is 4.85. The van der Waals surface area contributed by atoms with Crippen molar-refractivity contribution in [2.45, 2.75) is 5.92 Å². The summed E-state index contributed by atoms with van der Waals surface area (Å²) in [5.74, 6) is -2.05. The minimum absolute atomic E-state index is 0.00623. The number of nitro groups is 1. The Labute approximate surface area is 170 Å². The Bertz CT molecular complexity index is 1130. The molecule has 1 heterocycles. The first-order chi connectivity index (χ1) is 14.5. The minimum atomic E-state index is -1.37. The average molecular weight is 405 g/mol. The molecule has 0 radical (unpaired) electrons. The molecule has 150 valence electrons. The van der Waals surface area contributed by atoms with Crippen LogP contribution >= 0.6 is 0 Å². The first-order valence-corrected chi connectivity index (χ1v) is 8.96.